The molecule has 7 heteroatoms. The molecule has 2 aromatic rings. The summed E-state index contributed by atoms with van der Waals surface area (Å²) in [6.45, 7) is 3.72. The average molecular weight is 373 g/mol. The summed E-state index contributed by atoms with van der Waals surface area (Å²) < 4.78 is 0. The van der Waals surface area contributed by atoms with Gasteiger partial charge < -0.3 is 10.7 Å². The van der Waals surface area contributed by atoms with Gasteiger partial charge in [0.15, 0.2) is 5.82 Å². The largest absolute Gasteiger partial charge is 0.309 e. The van der Waals surface area contributed by atoms with Crippen LogP contribution in [0.25, 0.3) is 0 Å². The number of carbonyl (C=O) groups is 1. The fourth-order valence-electron chi connectivity index (χ4n) is 2.61. The third kappa shape index (κ3) is 4.39. The van der Waals surface area contributed by atoms with E-state index in [1.807, 2.05) is 36.5 Å². The first kappa shape index (κ1) is 18.4. The molecule has 0 unspecified atom stereocenters. The lowest BCUT2D eigenvalue weighted by atomic mass is 10.0. The van der Waals surface area contributed by atoms with Gasteiger partial charge in [-0.3, -0.25) is 15.2 Å². The number of nitrogens with two attached hydrogens (primary N) is 1. The van der Waals surface area contributed by atoms with E-state index in [1.54, 1.807) is 13.1 Å². The molecule has 0 spiro atoms. The summed E-state index contributed by atoms with van der Waals surface area (Å²) in [7, 11) is 0. The number of aromatic amines is 1. The maximum Gasteiger partial charge on any atom is 0.233 e. The number of halogens is 1. The Kier molecular flexibility index (Phi) is 5.54. The fourth-order valence-corrected chi connectivity index (χ4v) is 2.80. The minimum atomic E-state index is -0.467. The van der Waals surface area contributed by atoms with Gasteiger partial charge in [-0.25, -0.2) is 0 Å². The summed E-state index contributed by atoms with van der Waals surface area (Å²) in [5, 5.41) is 20.1. The normalized spacial score (nSPS) is 15.6. The Labute approximate surface area is 157 Å². The maximum absolute atomic E-state index is 12.5. The number of nitrogens with one attached hydrogen (secondary N) is 3. The number of hydrogen-bond acceptors (Lipinski definition) is 3. The van der Waals surface area contributed by atoms with Crippen LogP contribution in [0.15, 0.2) is 36.0 Å². The Morgan fingerprint density at radius 3 is 2.88 bits per heavy atom. The van der Waals surface area contributed by atoms with Gasteiger partial charge >= 0.3 is 0 Å². The molecule has 1 aromatic heterocycles. The van der Waals surface area contributed by atoms with Gasteiger partial charge in [0.05, 0.1) is 5.92 Å². The van der Waals surface area contributed by atoms with E-state index in [2.05, 4.69) is 15.5 Å². The van der Waals surface area contributed by atoms with Crippen molar-refractivity contribution in [1.82, 2.24) is 10.2 Å². The molecular weight excluding hydrogens is 350 g/mol. The highest BCUT2D eigenvalue weighted by Crippen LogP contribution is 2.39. The molecule has 1 fully saturated rings. The molecule has 1 heterocycles. The molecule has 1 amide bonds. The highest BCUT2D eigenvalue weighted by atomic mass is 35.5. The molecule has 5 N–H and O–H groups in total. The molecular formula is C19H23ClN5O+. The van der Waals surface area contributed by atoms with E-state index in [9.17, 15) is 4.79 Å². The topological polar surface area (TPSA) is 98.2 Å². The molecule has 3 rings (SSSR count). The smallest absolute Gasteiger partial charge is 0.233 e. The Morgan fingerprint density at radius 2 is 2.23 bits per heavy atom. The van der Waals surface area contributed by atoms with Crippen molar-refractivity contribution in [3.8, 4) is 0 Å². The average Bonchev–Trinajstić information content (AvgIpc) is 3.38. The Hall–Kier alpha value is -2.44. The van der Waals surface area contributed by atoms with Crippen molar-refractivity contribution in [2.45, 2.75) is 32.6 Å². The van der Waals surface area contributed by atoms with Crippen LogP contribution in [0.2, 0.25) is 5.02 Å². The third-order valence-electron chi connectivity index (χ3n) is 4.59. The number of anilines is 1. The molecule has 0 aliphatic heterocycles. The number of quaternary nitrogens is 1. The lowest BCUT2D eigenvalue weighted by Crippen LogP contribution is -2.71. The highest BCUT2D eigenvalue weighted by molar-refractivity contribution is 6.31. The van der Waals surface area contributed by atoms with Gasteiger partial charge in [-0.1, -0.05) is 17.7 Å². The van der Waals surface area contributed by atoms with E-state index in [1.165, 1.54) is 19.1 Å². The summed E-state index contributed by atoms with van der Waals surface area (Å²) in [5.41, 5.74) is 3.61. The fraction of sp³-hybridized carbons (Fsp3) is 0.316. The molecule has 1 aliphatic carbocycles. The minimum Gasteiger partial charge on any atom is -0.309 e. The monoisotopic (exact) mass is 372 g/mol. The number of aryl methyl sites for hydroxylation is 1. The van der Waals surface area contributed by atoms with Crippen molar-refractivity contribution in [2.75, 3.05) is 5.32 Å². The third-order valence-corrected chi connectivity index (χ3v) is 5.00. The first-order chi connectivity index (χ1) is 12.5. The summed E-state index contributed by atoms with van der Waals surface area (Å²) in [6, 6.07) is 7.64. The number of amides is 1. The second-order valence-corrected chi connectivity index (χ2v) is 7.09. The summed E-state index contributed by atoms with van der Waals surface area (Å²) in [5.74, 6) is 0.426. The van der Waals surface area contributed by atoms with Crippen LogP contribution in [0.5, 0.6) is 0 Å². The van der Waals surface area contributed by atoms with Gasteiger partial charge in [-0.05, 0) is 38.3 Å². The van der Waals surface area contributed by atoms with Gasteiger partial charge in [-0.2, -0.15) is 5.10 Å². The van der Waals surface area contributed by atoms with Crippen LogP contribution in [-0.4, -0.2) is 22.3 Å². The predicted octanol–water partition coefficient (Wildman–Crippen LogP) is 3.25. The van der Waals surface area contributed by atoms with Crippen molar-refractivity contribution in [3.05, 3.63) is 52.3 Å². The van der Waals surface area contributed by atoms with Crippen molar-refractivity contribution in [2.24, 2.45) is 5.92 Å². The molecule has 6 nitrogen and oxygen atoms in total. The molecule has 0 radical (unpaired) electrons. The van der Waals surface area contributed by atoms with Crippen molar-refractivity contribution in [1.29, 1.82) is 5.41 Å². The molecule has 0 saturated heterocycles. The van der Waals surface area contributed by atoms with Crippen LogP contribution >= 0.6 is 11.6 Å². The zero-order chi connectivity index (χ0) is 18.7. The summed E-state index contributed by atoms with van der Waals surface area (Å²) in [6.07, 6.45) is 5.33. The molecule has 1 aromatic carbocycles. The van der Waals surface area contributed by atoms with E-state index in [4.69, 9.17) is 17.0 Å². The number of nitrogens with zero attached hydrogens (tertiary/aromatic N) is 1. The number of rotatable bonds is 7. The Balaban J connectivity index is 1.64. The molecule has 1 aliphatic rings. The van der Waals surface area contributed by atoms with E-state index in [0.717, 1.165) is 16.9 Å². The predicted molar refractivity (Wildman–Crippen MR) is 103 cm³/mol. The molecule has 0 bridgehead atoms. The standard InChI is InChI=1S/C19H22ClN5O/c1-11-3-6-15(7-16(11)20)22-10-14(9-21)12(2)19(26)23-18-8-17(24-25-18)13-4-5-13/h3,6-10,12-13,21-22H,4-5H2,1-2H3,(H2,23,24,25,26)/p+1/b14-10+,21-9?/t12-/m1/s1. The molecule has 1 saturated carbocycles. The van der Waals surface area contributed by atoms with Crippen LogP contribution in [0.4, 0.5) is 11.5 Å². The lowest BCUT2D eigenvalue weighted by molar-refractivity contribution is -0.497. The van der Waals surface area contributed by atoms with E-state index in [-0.39, 0.29) is 5.91 Å². The van der Waals surface area contributed by atoms with Crippen molar-refractivity contribution >= 4 is 35.2 Å². The number of H-pyrrole nitrogens is 1. The SMILES string of the molecule is Cc1ccc([NH2+]/C=C(\C=N)[C@@H](C)C(=O)Nc2cc(C3CC3)[nH]n2)cc1Cl. The highest BCUT2D eigenvalue weighted by Gasteiger charge is 2.26. The summed E-state index contributed by atoms with van der Waals surface area (Å²) in [4.78, 5) is 12.5. The molecule has 26 heavy (non-hydrogen) atoms. The van der Waals surface area contributed by atoms with E-state index >= 15 is 0 Å². The van der Waals surface area contributed by atoms with Gasteiger partial charge in [-0.15, -0.1) is 0 Å². The van der Waals surface area contributed by atoms with Gasteiger partial charge in [0.1, 0.15) is 11.9 Å². The molecule has 1 atom stereocenters. The minimum absolute atomic E-state index is 0.191. The van der Waals surface area contributed by atoms with E-state index in [0.29, 0.717) is 22.3 Å². The number of carbonyl (C=O) groups excluding carboxylic acids is 1. The zero-order valence-electron chi connectivity index (χ0n) is 14.8. The van der Waals surface area contributed by atoms with Crippen LogP contribution in [-0.2, 0) is 4.79 Å². The first-order valence-corrected chi connectivity index (χ1v) is 9.03. The zero-order valence-corrected chi connectivity index (χ0v) is 15.6. The number of benzene rings is 1. The number of aromatic nitrogens is 2. The van der Waals surface area contributed by atoms with Crippen LogP contribution in [0, 0.1) is 18.3 Å². The number of hydrogen-bond donors (Lipinski definition) is 4. The maximum atomic E-state index is 12.5. The van der Waals surface area contributed by atoms with Crippen molar-refractivity contribution < 1.29 is 10.1 Å². The lowest BCUT2D eigenvalue weighted by Gasteiger charge is -2.10. The second kappa shape index (κ2) is 7.85. The van der Waals surface area contributed by atoms with E-state index < -0.39 is 5.92 Å². The van der Waals surface area contributed by atoms with Gasteiger partial charge in [0, 0.05) is 40.6 Å². The van der Waals surface area contributed by atoms with Crippen LogP contribution in [0.1, 0.15) is 36.9 Å². The van der Waals surface area contributed by atoms with Crippen LogP contribution < -0.4 is 10.6 Å². The molecule has 136 valence electrons. The summed E-state index contributed by atoms with van der Waals surface area (Å²) >= 11 is 6.14. The van der Waals surface area contributed by atoms with Crippen LogP contribution in [0.3, 0.4) is 0 Å². The Bertz CT molecular complexity index is 853. The Morgan fingerprint density at radius 1 is 1.46 bits per heavy atom. The van der Waals surface area contributed by atoms with Gasteiger partial charge in [0.25, 0.3) is 0 Å². The van der Waals surface area contributed by atoms with Crippen molar-refractivity contribution in [3.63, 3.8) is 0 Å². The quantitative estimate of drug-likeness (QED) is 0.443. The van der Waals surface area contributed by atoms with Gasteiger partial charge in [0.2, 0.25) is 5.91 Å². The second-order valence-electron chi connectivity index (χ2n) is 6.68. The first-order valence-electron chi connectivity index (χ1n) is 8.65.